The van der Waals surface area contributed by atoms with Gasteiger partial charge in [0, 0.05) is 16.5 Å². The van der Waals surface area contributed by atoms with E-state index in [1.165, 1.54) is 30.0 Å². The highest BCUT2D eigenvalue weighted by molar-refractivity contribution is 8.00. The third-order valence-electron chi connectivity index (χ3n) is 3.37. The summed E-state index contributed by atoms with van der Waals surface area (Å²) in [7, 11) is 0. The smallest absolute Gasteiger partial charge is 0.255 e. The van der Waals surface area contributed by atoms with Crippen molar-refractivity contribution in [1.29, 1.82) is 0 Å². The van der Waals surface area contributed by atoms with E-state index >= 15 is 0 Å². The van der Waals surface area contributed by atoms with Crippen LogP contribution in [-0.4, -0.2) is 24.2 Å². The first-order chi connectivity index (χ1) is 11.6. The first-order valence-electron chi connectivity index (χ1n) is 7.37. The SMILES string of the molecule is CCOc1cc(F)ccc1NC(=O)c1ccc2c(c1)NC(=O)CS2. The van der Waals surface area contributed by atoms with E-state index in [0.29, 0.717) is 29.3 Å². The number of benzene rings is 2. The lowest BCUT2D eigenvalue weighted by Gasteiger charge is -2.17. The van der Waals surface area contributed by atoms with Gasteiger partial charge in [0.15, 0.2) is 0 Å². The van der Waals surface area contributed by atoms with Gasteiger partial charge in [0.05, 0.1) is 23.7 Å². The number of halogens is 1. The summed E-state index contributed by atoms with van der Waals surface area (Å²) in [5, 5.41) is 5.45. The van der Waals surface area contributed by atoms with Crippen molar-refractivity contribution in [2.45, 2.75) is 11.8 Å². The zero-order valence-corrected chi connectivity index (χ0v) is 13.7. The summed E-state index contributed by atoms with van der Waals surface area (Å²) in [6, 6.07) is 9.03. The Hall–Kier alpha value is -2.54. The van der Waals surface area contributed by atoms with Gasteiger partial charge >= 0.3 is 0 Å². The fourth-order valence-corrected chi connectivity index (χ4v) is 3.08. The van der Waals surface area contributed by atoms with Gasteiger partial charge in [-0.05, 0) is 37.3 Å². The molecule has 0 saturated heterocycles. The molecule has 0 aromatic heterocycles. The lowest BCUT2D eigenvalue weighted by Crippen LogP contribution is -2.20. The average molecular weight is 346 g/mol. The van der Waals surface area contributed by atoms with E-state index in [9.17, 15) is 14.0 Å². The maximum absolute atomic E-state index is 13.3. The molecule has 1 heterocycles. The fraction of sp³-hybridized carbons (Fsp3) is 0.176. The van der Waals surface area contributed by atoms with Crippen molar-refractivity contribution in [2.75, 3.05) is 23.0 Å². The molecule has 5 nitrogen and oxygen atoms in total. The van der Waals surface area contributed by atoms with E-state index in [1.54, 1.807) is 25.1 Å². The number of carbonyl (C=O) groups excluding carboxylic acids is 2. The van der Waals surface area contributed by atoms with Gasteiger partial charge in [0.2, 0.25) is 5.91 Å². The summed E-state index contributed by atoms with van der Waals surface area (Å²) in [5.74, 6) is -0.263. The summed E-state index contributed by atoms with van der Waals surface area (Å²) in [6.45, 7) is 2.13. The predicted octanol–water partition coefficient (Wildman–Crippen LogP) is 3.52. The molecule has 0 spiro atoms. The van der Waals surface area contributed by atoms with Crippen molar-refractivity contribution in [3.05, 3.63) is 47.8 Å². The van der Waals surface area contributed by atoms with Gasteiger partial charge in [0.25, 0.3) is 5.91 Å². The second kappa shape index (κ2) is 6.92. The third-order valence-corrected chi connectivity index (χ3v) is 4.44. The number of amides is 2. The van der Waals surface area contributed by atoms with E-state index in [2.05, 4.69) is 10.6 Å². The molecule has 0 bridgehead atoms. The van der Waals surface area contributed by atoms with Gasteiger partial charge in [0.1, 0.15) is 11.6 Å². The molecule has 0 aliphatic carbocycles. The van der Waals surface area contributed by atoms with E-state index in [1.807, 2.05) is 0 Å². The Labute approximate surface area is 142 Å². The van der Waals surface area contributed by atoms with Crippen molar-refractivity contribution < 1.29 is 18.7 Å². The second-order valence-corrected chi connectivity index (χ2v) is 6.09. The van der Waals surface area contributed by atoms with Crippen LogP contribution in [0.15, 0.2) is 41.3 Å². The molecule has 0 atom stereocenters. The first kappa shape index (κ1) is 16.3. The maximum atomic E-state index is 13.3. The summed E-state index contributed by atoms with van der Waals surface area (Å²) >= 11 is 1.43. The van der Waals surface area contributed by atoms with Crippen LogP contribution < -0.4 is 15.4 Å². The molecule has 0 radical (unpaired) electrons. The summed E-state index contributed by atoms with van der Waals surface area (Å²) < 4.78 is 18.7. The number of ether oxygens (including phenoxy) is 1. The number of hydrogen-bond acceptors (Lipinski definition) is 4. The zero-order chi connectivity index (χ0) is 17.1. The monoisotopic (exact) mass is 346 g/mol. The van der Waals surface area contributed by atoms with E-state index in [4.69, 9.17) is 4.74 Å². The van der Waals surface area contributed by atoms with Gasteiger partial charge < -0.3 is 15.4 Å². The minimum absolute atomic E-state index is 0.0952. The Morgan fingerprint density at radius 3 is 2.96 bits per heavy atom. The van der Waals surface area contributed by atoms with Crippen LogP contribution in [0, 0.1) is 5.82 Å². The standard InChI is InChI=1S/C17H15FN2O3S/c1-2-23-14-8-11(18)4-5-12(14)20-17(22)10-3-6-15-13(7-10)19-16(21)9-24-15/h3-8H,2,9H2,1H3,(H,19,21)(H,20,22). The molecule has 2 aromatic carbocycles. The Morgan fingerprint density at radius 1 is 1.33 bits per heavy atom. The molecule has 2 amide bonds. The highest BCUT2D eigenvalue weighted by atomic mass is 32.2. The number of hydrogen-bond donors (Lipinski definition) is 2. The van der Waals surface area contributed by atoms with Gasteiger partial charge in [-0.2, -0.15) is 0 Å². The van der Waals surface area contributed by atoms with Crippen molar-refractivity contribution in [2.24, 2.45) is 0 Å². The largest absolute Gasteiger partial charge is 0.492 e. The Balaban J connectivity index is 1.83. The number of thioether (sulfide) groups is 1. The van der Waals surface area contributed by atoms with Gasteiger partial charge in [-0.15, -0.1) is 11.8 Å². The van der Waals surface area contributed by atoms with E-state index < -0.39 is 5.82 Å². The number of fused-ring (bicyclic) bond motifs is 1. The predicted molar refractivity (Wildman–Crippen MR) is 91.3 cm³/mol. The average Bonchev–Trinajstić information content (AvgIpc) is 2.56. The number of carbonyl (C=O) groups is 2. The van der Waals surface area contributed by atoms with Crippen LogP contribution in [-0.2, 0) is 4.79 Å². The van der Waals surface area contributed by atoms with Crippen molar-refractivity contribution in [3.63, 3.8) is 0 Å². The minimum atomic E-state index is -0.440. The van der Waals surface area contributed by atoms with Crippen LogP contribution in [0.2, 0.25) is 0 Å². The molecule has 0 fully saturated rings. The second-order valence-electron chi connectivity index (χ2n) is 5.08. The van der Waals surface area contributed by atoms with Crippen molar-refractivity contribution in [3.8, 4) is 5.75 Å². The van der Waals surface area contributed by atoms with E-state index in [0.717, 1.165) is 4.90 Å². The Morgan fingerprint density at radius 2 is 2.17 bits per heavy atom. The molecule has 3 rings (SSSR count). The molecular formula is C17H15FN2O3S. The first-order valence-corrected chi connectivity index (χ1v) is 8.36. The molecular weight excluding hydrogens is 331 g/mol. The molecule has 2 N–H and O–H groups in total. The Kier molecular flexibility index (Phi) is 4.71. The summed E-state index contributed by atoms with van der Waals surface area (Å²) in [4.78, 5) is 24.8. The molecule has 2 aromatic rings. The van der Waals surface area contributed by atoms with Crippen LogP contribution in [0.25, 0.3) is 0 Å². The fourth-order valence-electron chi connectivity index (χ4n) is 2.29. The number of anilines is 2. The highest BCUT2D eigenvalue weighted by Gasteiger charge is 2.18. The van der Waals surface area contributed by atoms with Crippen molar-refractivity contribution >= 4 is 35.0 Å². The minimum Gasteiger partial charge on any atom is -0.492 e. The maximum Gasteiger partial charge on any atom is 0.255 e. The number of nitrogens with one attached hydrogen (secondary N) is 2. The summed E-state index contributed by atoms with van der Waals surface area (Å²) in [6.07, 6.45) is 0. The highest BCUT2D eigenvalue weighted by Crippen LogP contribution is 2.32. The summed E-state index contributed by atoms with van der Waals surface area (Å²) in [5.41, 5.74) is 1.40. The lowest BCUT2D eigenvalue weighted by atomic mass is 10.1. The molecule has 24 heavy (non-hydrogen) atoms. The van der Waals surface area contributed by atoms with Crippen LogP contribution in [0.1, 0.15) is 17.3 Å². The van der Waals surface area contributed by atoms with Gasteiger partial charge in [-0.25, -0.2) is 4.39 Å². The van der Waals surface area contributed by atoms with Crippen LogP contribution in [0.5, 0.6) is 5.75 Å². The molecule has 7 heteroatoms. The van der Waals surface area contributed by atoms with E-state index in [-0.39, 0.29) is 17.6 Å². The van der Waals surface area contributed by atoms with Crippen LogP contribution >= 0.6 is 11.8 Å². The molecule has 0 unspecified atom stereocenters. The topological polar surface area (TPSA) is 67.4 Å². The van der Waals surface area contributed by atoms with Crippen LogP contribution in [0.4, 0.5) is 15.8 Å². The molecule has 0 saturated carbocycles. The normalized spacial score (nSPS) is 13.0. The molecule has 1 aliphatic heterocycles. The van der Waals surface area contributed by atoms with Crippen LogP contribution in [0.3, 0.4) is 0 Å². The van der Waals surface area contributed by atoms with Gasteiger partial charge in [-0.1, -0.05) is 0 Å². The lowest BCUT2D eigenvalue weighted by molar-refractivity contribution is -0.113. The Bertz CT molecular complexity index is 810. The molecule has 1 aliphatic rings. The molecule has 124 valence electrons. The van der Waals surface area contributed by atoms with Gasteiger partial charge in [-0.3, -0.25) is 9.59 Å². The quantitative estimate of drug-likeness (QED) is 0.889. The van der Waals surface area contributed by atoms with Crippen molar-refractivity contribution in [1.82, 2.24) is 0 Å². The third kappa shape index (κ3) is 3.51. The zero-order valence-electron chi connectivity index (χ0n) is 12.9. The number of rotatable bonds is 4.